The minimum atomic E-state index is -0.746. The Morgan fingerprint density at radius 1 is 1.26 bits per heavy atom. The summed E-state index contributed by atoms with van der Waals surface area (Å²) in [7, 11) is 0. The van der Waals surface area contributed by atoms with Crippen LogP contribution in [-0.4, -0.2) is 46.2 Å². The molecule has 1 aromatic heterocycles. The molecule has 0 radical (unpaired) electrons. The van der Waals surface area contributed by atoms with E-state index in [1.54, 1.807) is 6.20 Å². The summed E-state index contributed by atoms with van der Waals surface area (Å²) in [5.41, 5.74) is 1.87. The molecule has 0 spiro atoms. The zero-order chi connectivity index (χ0) is 19.2. The number of halogens is 1. The van der Waals surface area contributed by atoms with Crippen molar-refractivity contribution in [2.75, 3.05) is 13.1 Å². The van der Waals surface area contributed by atoms with Gasteiger partial charge in [0.1, 0.15) is 12.1 Å². The minimum Gasteiger partial charge on any atom is -0.480 e. The molecule has 0 saturated carbocycles. The Hall–Kier alpha value is -1.95. The first kappa shape index (κ1) is 19.8. The van der Waals surface area contributed by atoms with Crippen molar-refractivity contribution < 1.29 is 14.6 Å². The van der Waals surface area contributed by atoms with Gasteiger partial charge < -0.3 is 9.84 Å². The molecule has 0 amide bonds. The van der Waals surface area contributed by atoms with Crippen molar-refractivity contribution >= 4 is 17.6 Å². The number of pyridine rings is 1. The molecule has 1 saturated heterocycles. The minimum absolute atomic E-state index is 0.0650. The van der Waals surface area contributed by atoms with Crippen LogP contribution in [0.5, 0.6) is 0 Å². The van der Waals surface area contributed by atoms with Crippen LogP contribution in [0.1, 0.15) is 43.5 Å². The SMILES string of the molecule is CCC(C(=O)O)N1CCC(OC(c2ccc(Cl)cc2)c2ccccn2)CC1. The largest absolute Gasteiger partial charge is 0.480 e. The van der Waals surface area contributed by atoms with Gasteiger partial charge in [-0.05, 0) is 49.1 Å². The fourth-order valence-corrected chi connectivity index (χ4v) is 3.72. The molecule has 2 unspecified atom stereocenters. The van der Waals surface area contributed by atoms with Crippen molar-refractivity contribution in [1.29, 1.82) is 0 Å². The van der Waals surface area contributed by atoms with E-state index >= 15 is 0 Å². The maximum atomic E-state index is 11.4. The molecular formula is C21H25ClN2O3. The molecule has 27 heavy (non-hydrogen) atoms. The quantitative estimate of drug-likeness (QED) is 0.771. The summed E-state index contributed by atoms with van der Waals surface area (Å²) in [6, 6.07) is 13.0. The Morgan fingerprint density at radius 3 is 2.52 bits per heavy atom. The molecule has 1 N–H and O–H groups in total. The van der Waals surface area contributed by atoms with Gasteiger partial charge in [0.25, 0.3) is 0 Å². The highest BCUT2D eigenvalue weighted by Crippen LogP contribution is 2.30. The van der Waals surface area contributed by atoms with Crippen LogP contribution < -0.4 is 0 Å². The van der Waals surface area contributed by atoms with E-state index in [9.17, 15) is 9.90 Å². The van der Waals surface area contributed by atoms with E-state index in [-0.39, 0.29) is 12.2 Å². The maximum absolute atomic E-state index is 11.4. The first-order valence-corrected chi connectivity index (χ1v) is 9.75. The van der Waals surface area contributed by atoms with Crippen LogP contribution in [0.4, 0.5) is 0 Å². The Bertz CT molecular complexity index is 731. The van der Waals surface area contributed by atoms with Gasteiger partial charge in [-0.25, -0.2) is 0 Å². The molecule has 144 valence electrons. The van der Waals surface area contributed by atoms with E-state index in [0.717, 1.165) is 37.2 Å². The highest BCUT2D eigenvalue weighted by atomic mass is 35.5. The summed E-state index contributed by atoms with van der Waals surface area (Å²) in [5, 5.41) is 10.1. The molecular weight excluding hydrogens is 364 g/mol. The average Bonchev–Trinajstić information content (AvgIpc) is 2.69. The predicted molar refractivity (Wildman–Crippen MR) is 105 cm³/mol. The first-order valence-electron chi connectivity index (χ1n) is 9.37. The number of carboxylic acids is 1. The van der Waals surface area contributed by atoms with E-state index in [1.807, 2.05) is 54.3 Å². The lowest BCUT2D eigenvalue weighted by Crippen LogP contribution is -2.47. The second kappa shape index (κ2) is 9.31. The summed E-state index contributed by atoms with van der Waals surface area (Å²) in [6.45, 7) is 3.37. The van der Waals surface area contributed by atoms with Crippen molar-refractivity contribution in [1.82, 2.24) is 9.88 Å². The van der Waals surface area contributed by atoms with Gasteiger partial charge in [-0.15, -0.1) is 0 Å². The van der Waals surface area contributed by atoms with Gasteiger partial charge in [-0.3, -0.25) is 14.7 Å². The summed E-state index contributed by atoms with van der Waals surface area (Å²) < 4.78 is 6.45. The van der Waals surface area contributed by atoms with Crippen molar-refractivity contribution in [3.05, 3.63) is 64.9 Å². The number of rotatable bonds is 7. The molecule has 5 nitrogen and oxygen atoms in total. The number of ether oxygens (including phenoxy) is 1. The van der Waals surface area contributed by atoms with Gasteiger partial charge in [0.05, 0.1) is 11.8 Å². The number of aliphatic carboxylic acids is 1. The predicted octanol–water partition coefficient (Wildman–Crippen LogP) is 4.17. The third-order valence-electron chi connectivity index (χ3n) is 5.05. The third-order valence-corrected chi connectivity index (χ3v) is 5.30. The maximum Gasteiger partial charge on any atom is 0.320 e. The van der Waals surface area contributed by atoms with Crippen LogP contribution in [0.15, 0.2) is 48.7 Å². The average molecular weight is 389 g/mol. The molecule has 2 aromatic rings. The molecule has 0 bridgehead atoms. The lowest BCUT2D eigenvalue weighted by molar-refractivity contribution is -0.144. The topological polar surface area (TPSA) is 62.7 Å². The van der Waals surface area contributed by atoms with Gasteiger partial charge in [-0.2, -0.15) is 0 Å². The van der Waals surface area contributed by atoms with Gasteiger partial charge in [-0.1, -0.05) is 36.7 Å². The van der Waals surface area contributed by atoms with Gasteiger partial charge >= 0.3 is 5.97 Å². The monoisotopic (exact) mass is 388 g/mol. The molecule has 1 aliphatic rings. The lowest BCUT2D eigenvalue weighted by atomic mass is 10.0. The van der Waals surface area contributed by atoms with Crippen LogP contribution in [0.3, 0.4) is 0 Å². The number of benzene rings is 1. The molecule has 1 aliphatic heterocycles. The van der Waals surface area contributed by atoms with Crippen molar-refractivity contribution in [2.24, 2.45) is 0 Å². The summed E-state index contributed by atoms with van der Waals surface area (Å²) >= 11 is 6.03. The van der Waals surface area contributed by atoms with Crippen LogP contribution >= 0.6 is 11.6 Å². The molecule has 2 heterocycles. The van der Waals surface area contributed by atoms with Crippen molar-refractivity contribution in [3.8, 4) is 0 Å². The van der Waals surface area contributed by atoms with Gasteiger partial charge in [0.15, 0.2) is 0 Å². The number of likely N-dealkylation sites (tertiary alicyclic amines) is 1. The molecule has 3 rings (SSSR count). The molecule has 1 aromatic carbocycles. The second-order valence-electron chi connectivity index (χ2n) is 6.82. The standard InChI is InChI=1S/C21H25ClN2O3/c1-2-19(21(25)26)24-13-10-17(11-14-24)27-20(18-5-3-4-12-23-18)15-6-8-16(22)9-7-15/h3-9,12,17,19-20H,2,10-11,13-14H2,1H3,(H,25,26). The number of carboxylic acid groups (broad SMARTS) is 1. The second-order valence-corrected chi connectivity index (χ2v) is 7.26. The molecule has 0 aliphatic carbocycles. The van der Waals surface area contributed by atoms with E-state index < -0.39 is 12.0 Å². The van der Waals surface area contributed by atoms with E-state index in [0.29, 0.717) is 11.4 Å². The lowest BCUT2D eigenvalue weighted by Gasteiger charge is -2.36. The normalized spacial score (nSPS) is 18.1. The number of hydrogen-bond acceptors (Lipinski definition) is 4. The van der Waals surface area contributed by atoms with Gasteiger partial charge in [0, 0.05) is 24.3 Å². The highest BCUT2D eigenvalue weighted by Gasteiger charge is 2.30. The zero-order valence-corrected chi connectivity index (χ0v) is 16.2. The van der Waals surface area contributed by atoms with E-state index in [4.69, 9.17) is 16.3 Å². The molecule has 2 atom stereocenters. The van der Waals surface area contributed by atoms with Gasteiger partial charge in [0.2, 0.25) is 0 Å². The Balaban J connectivity index is 1.70. The van der Waals surface area contributed by atoms with Crippen molar-refractivity contribution in [2.45, 2.75) is 44.4 Å². The summed E-state index contributed by atoms with van der Waals surface area (Å²) in [5.74, 6) is -0.746. The summed E-state index contributed by atoms with van der Waals surface area (Å²) in [6.07, 6.45) is 3.80. The Labute approximate surface area is 164 Å². The zero-order valence-electron chi connectivity index (χ0n) is 15.4. The molecule has 6 heteroatoms. The van der Waals surface area contributed by atoms with E-state index in [2.05, 4.69) is 4.98 Å². The number of nitrogens with zero attached hydrogens (tertiary/aromatic N) is 2. The number of carbonyl (C=O) groups is 1. The van der Waals surface area contributed by atoms with Crippen LogP contribution in [0.2, 0.25) is 5.02 Å². The molecule has 1 fully saturated rings. The summed E-state index contributed by atoms with van der Waals surface area (Å²) in [4.78, 5) is 17.9. The van der Waals surface area contributed by atoms with Crippen LogP contribution in [0.25, 0.3) is 0 Å². The first-order chi connectivity index (χ1) is 13.1. The number of aromatic nitrogens is 1. The number of piperidine rings is 1. The van der Waals surface area contributed by atoms with Crippen LogP contribution in [-0.2, 0) is 9.53 Å². The Kier molecular flexibility index (Phi) is 6.83. The van der Waals surface area contributed by atoms with Crippen molar-refractivity contribution in [3.63, 3.8) is 0 Å². The highest BCUT2D eigenvalue weighted by molar-refractivity contribution is 6.30. The smallest absolute Gasteiger partial charge is 0.320 e. The fourth-order valence-electron chi connectivity index (χ4n) is 3.59. The van der Waals surface area contributed by atoms with Crippen LogP contribution in [0, 0.1) is 0 Å². The van der Waals surface area contributed by atoms with E-state index in [1.165, 1.54) is 0 Å². The number of hydrogen-bond donors (Lipinski definition) is 1. The Morgan fingerprint density at radius 2 is 1.96 bits per heavy atom. The third kappa shape index (κ3) is 5.06. The fraction of sp³-hybridized carbons (Fsp3) is 0.429.